The Morgan fingerprint density at radius 3 is 3.00 bits per heavy atom. The standard InChI is InChI=1S/C10H12N4O2/c1-7-8(10(15)13(2)16-3)9-11-5-4-6-14(9)12-7/h4-6H,1-3H3. The molecule has 0 aliphatic rings. The van der Waals surface area contributed by atoms with Crippen LogP contribution in [0.25, 0.3) is 5.65 Å². The van der Waals surface area contributed by atoms with E-state index in [0.717, 1.165) is 5.06 Å². The molecule has 6 heteroatoms. The lowest BCUT2D eigenvalue weighted by Gasteiger charge is -2.12. The number of carbonyl (C=O) groups excluding carboxylic acids is 1. The Balaban J connectivity index is 2.59. The van der Waals surface area contributed by atoms with Crippen LogP contribution in [-0.2, 0) is 4.84 Å². The van der Waals surface area contributed by atoms with Crippen molar-refractivity contribution in [1.29, 1.82) is 0 Å². The van der Waals surface area contributed by atoms with Crippen LogP contribution in [0.3, 0.4) is 0 Å². The van der Waals surface area contributed by atoms with Crippen LogP contribution >= 0.6 is 0 Å². The predicted molar refractivity (Wildman–Crippen MR) is 56.8 cm³/mol. The minimum atomic E-state index is -0.256. The Morgan fingerprint density at radius 1 is 1.56 bits per heavy atom. The van der Waals surface area contributed by atoms with Gasteiger partial charge in [-0.1, -0.05) is 0 Å². The summed E-state index contributed by atoms with van der Waals surface area (Å²) in [6.45, 7) is 1.77. The highest BCUT2D eigenvalue weighted by molar-refractivity contribution is 6.00. The number of hydrogen-bond donors (Lipinski definition) is 0. The molecule has 0 fully saturated rings. The fraction of sp³-hybridized carbons (Fsp3) is 0.300. The second-order valence-electron chi connectivity index (χ2n) is 3.33. The Bertz CT molecular complexity index is 535. The molecule has 2 aromatic heterocycles. The third kappa shape index (κ3) is 1.53. The number of carbonyl (C=O) groups is 1. The molecule has 0 atom stereocenters. The van der Waals surface area contributed by atoms with Gasteiger partial charge in [0, 0.05) is 19.4 Å². The van der Waals surface area contributed by atoms with Crippen molar-refractivity contribution in [3.63, 3.8) is 0 Å². The molecule has 0 radical (unpaired) electrons. The highest BCUT2D eigenvalue weighted by atomic mass is 16.7. The maximum absolute atomic E-state index is 12.0. The van der Waals surface area contributed by atoms with Gasteiger partial charge in [-0.05, 0) is 13.0 Å². The first-order chi connectivity index (χ1) is 7.65. The van der Waals surface area contributed by atoms with Crippen LogP contribution in [0.2, 0.25) is 0 Å². The van der Waals surface area contributed by atoms with Gasteiger partial charge in [0.2, 0.25) is 0 Å². The maximum Gasteiger partial charge on any atom is 0.282 e. The van der Waals surface area contributed by atoms with Crippen LogP contribution in [0, 0.1) is 6.92 Å². The van der Waals surface area contributed by atoms with E-state index in [1.165, 1.54) is 7.11 Å². The molecular formula is C10H12N4O2. The summed E-state index contributed by atoms with van der Waals surface area (Å²) in [5.41, 5.74) is 1.63. The molecule has 2 heterocycles. The average Bonchev–Trinajstić information content (AvgIpc) is 2.63. The second-order valence-corrected chi connectivity index (χ2v) is 3.33. The minimum Gasteiger partial charge on any atom is -0.274 e. The summed E-state index contributed by atoms with van der Waals surface area (Å²) in [6, 6.07) is 1.76. The molecule has 0 unspecified atom stereocenters. The molecule has 0 bridgehead atoms. The van der Waals surface area contributed by atoms with E-state index in [0.29, 0.717) is 16.9 Å². The molecule has 2 rings (SSSR count). The smallest absolute Gasteiger partial charge is 0.274 e. The van der Waals surface area contributed by atoms with Crippen molar-refractivity contribution in [3.8, 4) is 0 Å². The highest BCUT2D eigenvalue weighted by Gasteiger charge is 2.21. The number of amides is 1. The van der Waals surface area contributed by atoms with Gasteiger partial charge < -0.3 is 0 Å². The fourth-order valence-corrected chi connectivity index (χ4v) is 1.49. The molecule has 0 aliphatic heterocycles. The first kappa shape index (κ1) is 10.6. The van der Waals surface area contributed by atoms with Crippen molar-refractivity contribution in [2.75, 3.05) is 14.2 Å². The third-order valence-electron chi connectivity index (χ3n) is 2.34. The molecular weight excluding hydrogens is 208 g/mol. The van der Waals surface area contributed by atoms with Gasteiger partial charge in [-0.3, -0.25) is 9.63 Å². The molecule has 0 saturated carbocycles. The number of aryl methyl sites for hydroxylation is 1. The summed E-state index contributed by atoms with van der Waals surface area (Å²) < 4.78 is 1.58. The Hall–Kier alpha value is -1.95. The van der Waals surface area contributed by atoms with E-state index in [9.17, 15) is 4.79 Å². The number of rotatable bonds is 2. The first-order valence-electron chi connectivity index (χ1n) is 4.77. The lowest BCUT2D eigenvalue weighted by Crippen LogP contribution is -2.26. The molecule has 6 nitrogen and oxygen atoms in total. The van der Waals surface area contributed by atoms with E-state index >= 15 is 0 Å². The summed E-state index contributed by atoms with van der Waals surface area (Å²) in [4.78, 5) is 21.0. The van der Waals surface area contributed by atoms with Crippen LogP contribution in [0.5, 0.6) is 0 Å². The highest BCUT2D eigenvalue weighted by Crippen LogP contribution is 2.14. The van der Waals surface area contributed by atoms with Gasteiger partial charge in [0.15, 0.2) is 5.65 Å². The van der Waals surface area contributed by atoms with Crippen molar-refractivity contribution < 1.29 is 9.63 Å². The second kappa shape index (κ2) is 3.90. The lowest BCUT2D eigenvalue weighted by atomic mass is 10.2. The molecule has 2 aromatic rings. The number of hydrogen-bond acceptors (Lipinski definition) is 4. The summed E-state index contributed by atoms with van der Waals surface area (Å²) in [7, 11) is 2.99. The van der Waals surface area contributed by atoms with Crippen LogP contribution in [-0.4, -0.2) is 39.7 Å². The first-order valence-corrected chi connectivity index (χ1v) is 4.77. The molecule has 0 N–H and O–H groups in total. The molecule has 1 amide bonds. The summed E-state index contributed by atoms with van der Waals surface area (Å²) in [5.74, 6) is -0.256. The van der Waals surface area contributed by atoms with E-state index in [1.807, 2.05) is 0 Å². The average molecular weight is 220 g/mol. The van der Waals surface area contributed by atoms with Gasteiger partial charge in [0.1, 0.15) is 5.56 Å². The molecule has 84 valence electrons. The number of hydroxylamine groups is 2. The number of nitrogens with zero attached hydrogens (tertiary/aromatic N) is 4. The Labute approximate surface area is 92.4 Å². The predicted octanol–water partition coefficient (Wildman–Crippen LogP) is 0.671. The number of fused-ring (bicyclic) bond motifs is 1. The maximum atomic E-state index is 12.0. The van der Waals surface area contributed by atoms with Gasteiger partial charge in [-0.15, -0.1) is 0 Å². The summed E-state index contributed by atoms with van der Waals surface area (Å²) >= 11 is 0. The Kier molecular flexibility index (Phi) is 2.57. The van der Waals surface area contributed by atoms with Gasteiger partial charge in [-0.25, -0.2) is 14.6 Å². The van der Waals surface area contributed by atoms with E-state index in [1.54, 1.807) is 36.9 Å². The van der Waals surface area contributed by atoms with Crippen molar-refractivity contribution in [2.45, 2.75) is 6.92 Å². The van der Waals surface area contributed by atoms with Crippen LogP contribution in [0.15, 0.2) is 18.5 Å². The molecule has 0 aliphatic carbocycles. The molecule has 0 spiro atoms. The molecule has 16 heavy (non-hydrogen) atoms. The SMILES string of the molecule is CON(C)C(=O)c1c(C)nn2cccnc12. The summed E-state index contributed by atoms with van der Waals surface area (Å²) in [6.07, 6.45) is 3.37. The monoisotopic (exact) mass is 220 g/mol. The minimum absolute atomic E-state index is 0.256. The molecule has 0 saturated heterocycles. The van der Waals surface area contributed by atoms with Gasteiger partial charge in [0.05, 0.1) is 12.8 Å². The fourth-order valence-electron chi connectivity index (χ4n) is 1.49. The van der Waals surface area contributed by atoms with Crippen LogP contribution in [0.4, 0.5) is 0 Å². The van der Waals surface area contributed by atoms with Gasteiger partial charge >= 0.3 is 0 Å². The van der Waals surface area contributed by atoms with Crippen molar-refractivity contribution >= 4 is 11.6 Å². The zero-order valence-electron chi connectivity index (χ0n) is 9.34. The van der Waals surface area contributed by atoms with E-state index < -0.39 is 0 Å². The quantitative estimate of drug-likeness (QED) is 0.698. The van der Waals surface area contributed by atoms with Crippen molar-refractivity contribution in [3.05, 3.63) is 29.7 Å². The lowest BCUT2D eigenvalue weighted by molar-refractivity contribution is -0.0756. The summed E-state index contributed by atoms with van der Waals surface area (Å²) in [5, 5.41) is 5.35. The van der Waals surface area contributed by atoms with E-state index in [-0.39, 0.29) is 5.91 Å². The van der Waals surface area contributed by atoms with E-state index in [4.69, 9.17) is 4.84 Å². The van der Waals surface area contributed by atoms with Crippen molar-refractivity contribution in [1.82, 2.24) is 19.7 Å². The van der Waals surface area contributed by atoms with Crippen LogP contribution < -0.4 is 0 Å². The number of aromatic nitrogens is 3. The van der Waals surface area contributed by atoms with Gasteiger partial charge in [0.25, 0.3) is 5.91 Å². The molecule has 0 aromatic carbocycles. The van der Waals surface area contributed by atoms with Crippen LogP contribution in [0.1, 0.15) is 16.1 Å². The normalized spacial score (nSPS) is 10.7. The van der Waals surface area contributed by atoms with Gasteiger partial charge in [-0.2, -0.15) is 5.10 Å². The third-order valence-corrected chi connectivity index (χ3v) is 2.34. The van der Waals surface area contributed by atoms with E-state index in [2.05, 4.69) is 10.1 Å². The zero-order chi connectivity index (χ0) is 11.7. The van der Waals surface area contributed by atoms with Crippen molar-refractivity contribution in [2.24, 2.45) is 0 Å². The Morgan fingerprint density at radius 2 is 2.31 bits per heavy atom. The topological polar surface area (TPSA) is 59.7 Å². The zero-order valence-corrected chi connectivity index (χ0v) is 9.34. The largest absolute Gasteiger partial charge is 0.282 e.